The monoisotopic (exact) mass is 385 g/mol. The van der Waals surface area contributed by atoms with E-state index in [-0.39, 0.29) is 11.8 Å². The molecule has 1 aliphatic rings. The number of ether oxygens (including phenoxy) is 4. The number of hydrogen-bond donors (Lipinski definition) is 0. The number of fused-ring (bicyclic) bond motifs is 1. The van der Waals surface area contributed by atoms with Crippen molar-refractivity contribution in [1.29, 1.82) is 0 Å². The quantitative estimate of drug-likeness (QED) is 0.765. The molecule has 150 valence electrons. The molecule has 0 radical (unpaired) electrons. The summed E-state index contributed by atoms with van der Waals surface area (Å²) in [7, 11) is 8.30. The summed E-state index contributed by atoms with van der Waals surface area (Å²) >= 11 is 0. The zero-order valence-electron chi connectivity index (χ0n) is 17.1. The van der Waals surface area contributed by atoms with Crippen LogP contribution in [0.15, 0.2) is 30.3 Å². The van der Waals surface area contributed by atoms with Gasteiger partial charge in [-0.2, -0.15) is 0 Å². The lowest BCUT2D eigenvalue weighted by atomic mass is 9.87. The van der Waals surface area contributed by atoms with Crippen molar-refractivity contribution in [2.75, 3.05) is 42.0 Å². The topological polar surface area (TPSA) is 57.2 Å². The average Bonchev–Trinajstić information content (AvgIpc) is 2.84. The Morgan fingerprint density at radius 1 is 0.964 bits per heavy atom. The second-order valence-corrected chi connectivity index (χ2v) is 6.83. The van der Waals surface area contributed by atoms with E-state index in [0.717, 1.165) is 23.1 Å². The molecule has 2 aromatic rings. The normalized spacial score (nSPS) is 16.2. The van der Waals surface area contributed by atoms with E-state index in [0.29, 0.717) is 36.0 Å². The molecule has 1 atom stereocenters. The van der Waals surface area contributed by atoms with E-state index in [1.54, 1.807) is 33.3 Å². The second-order valence-electron chi connectivity index (χ2n) is 6.83. The number of hydrogen-bond acceptors (Lipinski definition) is 5. The van der Waals surface area contributed by atoms with Crippen LogP contribution in [0.1, 0.15) is 22.6 Å². The van der Waals surface area contributed by atoms with Gasteiger partial charge in [-0.25, -0.2) is 0 Å². The number of likely N-dealkylation sites (N-methyl/N-ethyl adjacent to an activating group) is 1. The molecule has 0 spiro atoms. The number of rotatable bonds is 6. The van der Waals surface area contributed by atoms with Crippen molar-refractivity contribution in [2.45, 2.75) is 18.8 Å². The first-order chi connectivity index (χ1) is 13.5. The van der Waals surface area contributed by atoms with E-state index in [9.17, 15) is 4.79 Å². The maximum atomic E-state index is 13.2. The third kappa shape index (κ3) is 3.59. The fraction of sp³-hybridized carbons (Fsp3) is 0.409. The van der Waals surface area contributed by atoms with Crippen LogP contribution in [-0.2, 0) is 17.6 Å². The van der Waals surface area contributed by atoms with Crippen molar-refractivity contribution in [2.24, 2.45) is 0 Å². The maximum Gasteiger partial charge on any atom is 0.230 e. The Hall–Kier alpha value is -2.89. The highest BCUT2D eigenvalue weighted by atomic mass is 16.5. The zero-order valence-corrected chi connectivity index (χ0v) is 17.1. The van der Waals surface area contributed by atoms with Gasteiger partial charge in [0.1, 0.15) is 0 Å². The van der Waals surface area contributed by atoms with E-state index in [1.807, 2.05) is 37.4 Å². The number of methoxy groups -OCH3 is 4. The Balaban J connectivity index is 2.10. The molecule has 2 aromatic carbocycles. The molecule has 1 unspecified atom stereocenters. The lowest BCUT2D eigenvalue weighted by molar-refractivity contribution is -0.131. The molecule has 6 nitrogen and oxygen atoms in total. The van der Waals surface area contributed by atoms with Crippen LogP contribution in [0.25, 0.3) is 0 Å². The van der Waals surface area contributed by atoms with Gasteiger partial charge in [0.15, 0.2) is 23.0 Å². The van der Waals surface area contributed by atoms with Gasteiger partial charge in [0, 0.05) is 13.6 Å². The lowest BCUT2D eigenvalue weighted by Crippen LogP contribution is -2.31. The van der Waals surface area contributed by atoms with Crippen LogP contribution < -0.4 is 18.9 Å². The molecule has 28 heavy (non-hydrogen) atoms. The molecular formula is C22H27NO5. The predicted octanol–water partition coefficient (Wildman–Crippen LogP) is 3.06. The Labute approximate surface area is 166 Å². The first-order valence-electron chi connectivity index (χ1n) is 9.23. The summed E-state index contributed by atoms with van der Waals surface area (Å²) in [6.07, 6.45) is 1.27. The van der Waals surface area contributed by atoms with Gasteiger partial charge in [-0.1, -0.05) is 12.1 Å². The summed E-state index contributed by atoms with van der Waals surface area (Å²) in [6, 6.07) is 9.65. The van der Waals surface area contributed by atoms with Crippen LogP contribution in [0, 0.1) is 0 Å². The Morgan fingerprint density at radius 3 is 2.29 bits per heavy atom. The molecule has 0 saturated heterocycles. The van der Waals surface area contributed by atoms with Crippen LogP contribution in [0.2, 0.25) is 0 Å². The summed E-state index contributed by atoms with van der Waals surface area (Å²) in [6.45, 7) is 0.660. The van der Waals surface area contributed by atoms with Crippen molar-refractivity contribution >= 4 is 5.91 Å². The van der Waals surface area contributed by atoms with Gasteiger partial charge in [0.05, 0.1) is 34.4 Å². The van der Waals surface area contributed by atoms with Crippen molar-refractivity contribution in [3.05, 3.63) is 47.0 Å². The minimum Gasteiger partial charge on any atom is -0.493 e. The molecule has 6 heteroatoms. The first kappa shape index (κ1) is 19.9. The van der Waals surface area contributed by atoms with E-state index >= 15 is 0 Å². The van der Waals surface area contributed by atoms with Crippen LogP contribution in [0.4, 0.5) is 0 Å². The number of nitrogens with zero attached hydrogens (tertiary/aromatic N) is 1. The first-order valence-corrected chi connectivity index (χ1v) is 9.23. The van der Waals surface area contributed by atoms with Gasteiger partial charge in [0.25, 0.3) is 0 Å². The van der Waals surface area contributed by atoms with E-state index in [4.69, 9.17) is 18.9 Å². The zero-order chi connectivity index (χ0) is 20.3. The smallest absolute Gasteiger partial charge is 0.230 e. The molecule has 0 bridgehead atoms. The number of carbonyl (C=O) groups excluding carboxylic acids is 1. The fourth-order valence-corrected chi connectivity index (χ4v) is 3.81. The number of carbonyl (C=O) groups is 1. The van der Waals surface area contributed by atoms with Crippen molar-refractivity contribution in [3.63, 3.8) is 0 Å². The predicted molar refractivity (Wildman–Crippen MR) is 107 cm³/mol. The highest BCUT2D eigenvalue weighted by molar-refractivity contribution is 5.85. The molecular weight excluding hydrogens is 358 g/mol. The van der Waals surface area contributed by atoms with E-state index in [1.165, 1.54) is 0 Å². The molecule has 1 heterocycles. The molecule has 0 aliphatic carbocycles. The molecule has 0 saturated carbocycles. The summed E-state index contributed by atoms with van der Waals surface area (Å²) in [5, 5.41) is 0. The summed E-state index contributed by atoms with van der Waals surface area (Å²) in [5.41, 5.74) is 3.00. The van der Waals surface area contributed by atoms with Gasteiger partial charge >= 0.3 is 0 Å². The van der Waals surface area contributed by atoms with Crippen LogP contribution >= 0.6 is 0 Å². The maximum absolute atomic E-state index is 13.2. The Morgan fingerprint density at radius 2 is 1.64 bits per heavy atom. The highest BCUT2D eigenvalue weighted by Crippen LogP contribution is 2.40. The Bertz CT molecular complexity index is 864. The summed E-state index contributed by atoms with van der Waals surface area (Å²) < 4.78 is 21.9. The summed E-state index contributed by atoms with van der Waals surface area (Å²) in [4.78, 5) is 15.0. The number of para-hydroxylation sites is 1. The van der Waals surface area contributed by atoms with Crippen LogP contribution in [-0.4, -0.2) is 52.8 Å². The van der Waals surface area contributed by atoms with E-state index < -0.39 is 0 Å². The van der Waals surface area contributed by atoms with Crippen molar-refractivity contribution in [1.82, 2.24) is 4.90 Å². The lowest BCUT2D eigenvalue weighted by Gasteiger charge is -2.23. The standard InChI is InChI=1S/C22H27NO5/c1-23-10-9-14-12-19(26-3)20(27-4)13-16(14)17(22(23)24)11-15-7-6-8-18(25-2)21(15)28-5/h6-8,12-13,17H,9-11H2,1-5H3. The molecule has 0 N–H and O–H groups in total. The number of amides is 1. The molecule has 1 aliphatic heterocycles. The van der Waals surface area contributed by atoms with Crippen molar-refractivity contribution < 1.29 is 23.7 Å². The SMILES string of the molecule is COc1cc2c(cc1OC)C(Cc1cccc(OC)c1OC)C(=O)N(C)CC2. The molecule has 3 rings (SSSR count). The van der Waals surface area contributed by atoms with Gasteiger partial charge < -0.3 is 23.8 Å². The van der Waals surface area contributed by atoms with Crippen LogP contribution in [0.5, 0.6) is 23.0 Å². The van der Waals surface area contributed by atoms with Crippen LogP contribution in [0.3, 0.4) is 0 Å². The largest absolute Gasteiger partial charge is 0.493 e. The molecule has 1 amide bonds. The summed E-state index contributed by atoms with van der Waals surface area (Å²) in [5.74, 6) is 2.35. The molecule has 0 fully saturated rings. The second kappa shape index (κ2) is 8.42. The van der Waals surface area contributed by atoms with Crippen molar-refractivity contribution in [3.8, 4) is 23.0 Å². The van der Waals surface area contributed by atoms with Gasteiger partial charge in [-0.05, 0) is 47.7 Å². The third-order valence-corrected chi connectivity index (χ3v) is 5.32. The van der Waals surface area contributed by atoms with Gasteiger partial charge in [0.2, 0.25) is 5.91 Å². The third-order valence-electron chi connectivity index (χ3n) is 5.32. The minimum atomic E-state index is -0.344. The Kier molecular flexibility index (Phi) is 5.97. The molecule has 0 aromatic heterocycles. The number of benzene rings is 2. The minimum absolute atomic E-state index is 0.0795. The fourth-order valence-electron chi connectivity index (χ4n) is 3.81. The highest BCUT2D eigenvalue weighted by Gasteiger charge is 2.31. The van der Waals surface area contributed by atoms with E-state index in [2.05, 4.69) is 0 Å². The average molecular weight is 385 g/mol. The van der Waals surface area contributed by atoms with Gasteiger partial charge in [-0.15, -0.1) is 0 Å². The van der Waals surface area contributed by atoms with Gasteiger partial charge in [-0.3, -0.25) is 4.79 Å².